The molecule has 1 aromatic carbocycles. The Hall–Kier alpha value is -2.24. The van der Waals surface area contributed by atoms with Gasteiger partial charge >= 0.3 is 6.18 Å². The molecular formula is C15H16F3N3. The molecule has 21 heavy (non-hydrogen) atoms. The summed E-state index contributed by atoms with van der Waals surface area (Å²) in [5.74, 6) is 0. The second kappa shape index (κ2) is 5.63. The first-order valence-corrected chi connectivity index (χ1v) is 6.42. The maximum Gasteiger partial charge on any atom is 0.418 e. The average Bonchev–Trinajstić information content (AvgIpc) is 2.75. The first-order chi connectivity index (χ1) is 9.80. The van der Waals surface area contributed by atoms with Crippen LogP contribution in [-0.4, -0.2) is 10.7 Å². The molecule has 0 spiro atoms. The third kappa shape index (κ3) is 3.26. The first-order valence-electron chi connectivity index (χ1n) is 6.42. The topological polar surface area (TPSA) is 40.2 Å². The van der Waals surface area contributed by atoms with Crippen molar-refractivity contribution in [2.24, 2.45) is 5.10 Å². The van der Waals surface area contributed by atoms with Crippen molar-refractivity contribution in [3.05, 3.63) is 52.8 Å². The zero-order valence-electron chi connectivity index (χ0n) is 12.0. The van der Waals surface area contributed by atoms with E-state index in [1.165, 1.54) is 18.2 Å². The summed E-state index contributed by atoms with van der Waals surface area (Å²) in [5, 5.41) is 4.08. The van der Waals surface area contributed by atoms with Crippen molar-refractivity contribution in [3.63, 3.8) is 0 Å². The van der Waals surface area contributed by atoms with Gasteiger partial charge in [0.2, 0.25) is 0 Å². The van der Waals surface area contributed by atoms with Crippen LogP contribution in [0.25, 0.3) is 0 Å². The molecule has 0 saturated heterocycles. The number of rotatable bonds is 3. The molecule has 0 bridgehead atoms. The van der Waals surface area contributed by atoms with Gasteiger partial charge in [-0.15, -0.1) is 0 Å². The van der Waals surface area contributed by atoms with Crippen LogP contribution in [0.1, 0.15) is 29.3 Å². The van der Waals surface area contributed by atoms with E-state index in [2.05, 4.69) is 15.5 Å². The lowest BCUT2D eigenvalue weighted by Crippen LogP contribution is -2.09. The Bertz CT molecular complexity index is 650. The van der Waals surface area contributed by atoms with Crippen molar-refractivity contribution in [2.75, 3.05) is 5.43 Å². The largest absolute Gasteiger partial charge is 0.418 e. The maximum atomic E-state index is 12.9. The summed E-state index contributed by atoms with van der Waals surface area (Å²) in [6, 6.07) is 5.27. The number of para-hydroxylation sites is 1. The highest BCUT2D eigenvalue weighted by atomic mass is 19.4. The number of aromatic amines is 1. The molecule has 0 unspecified atom stereocenters. The van der Waals surface area contributed by atoms with Crippen LogP contribution < -0.4 is 5.43 Å². The van der Waals surface area contributed by atoms with Crippen LogP contribution in [0.15, 0.2) is 35.6 Å². The zero-order valence-corrected chi connectivity index (χ0v) is 12.0. The molecule has 0 radical (unpaired) electrons. The van der Waals surface area contributed by atoms with Crippen molar-refractivity contribution < 1.29 is 13.2 Å². The van der Waals surface area contributed by atoms with Crippen LogP contribution in [0.2, 0.25) is 0 Å². The van der Waals surface area contributed by atoms with E-state index in [1.807, 2.05) is 20.0 Å². The number of anilines is 1. The molecule has 0 fully saturated rings. The standard InChI is InChI=1S/C15H16F3N3/c1-9-8-19-10(2)14(9)11(3)20-21-13-7-5-4-6-12(13)15(16,17)18/h4-8,19,21H,1-3H3/b20-11+. The van der Waals surface area contributed by atoms with E-state index >= 15 is 0 Å². The highest BCUT2D eigenvalue weighted by Gasteiger charge is 2.33. The Kier molecular flexibility index (Phi) is 4.06. The summed E-state index contributed by atoms with van der Waals surface area (Å²) in [5.41, 5.74) is 5.19. The van der Waals surface area contributed by atoms with Crippen LogP contribution in [-0.2, 0) is 6.18 Å². The maximum absolute atomic E-state index is 12.9. The summed E-state index contributed by atoms with van der Waals surface area (Å²) in [7, 11) is 0. The van der Waals surface area contributed by atoms with E-state index in [9.17, 15) is 13.2 Å². The summed E-state index contributed by atoms with van der Waals surface area (Å²) in [4.78, 5) is 3.06. The van der Waals surface area contributed by atoms with Gasteiger partial charge in [0.15, 0.2) is 0 Å². The van der Waals surface area contributed by atoms with E-state index in [4.69, 9.17) is 0 Å². The number of H-pyrrole nitrogens is 1. The molecule has 2 rings (SSSR count). The van der Waals surface area contributed by atoms with E-state index in [1.54, 1.807) is 6.92 Å². The highest BCUT2D eigenvalue weighted by Crippen LogP contribution is 2.34. The van der Waals surface area contributed by atoms with Crippen molar-refractivity contribution in [1.29, 1.82) is 0 Å². The number of benzene rings is 1. The van der Waals surface area contributed by atoms with Gasteiger partial charge in [-0.2, -0.15) is 18.3 Å². The molecule has 2 N–H and O–H groups in total. The highest BCUT2D eigenvalue weighted by molar-refractivity contribution is 6.01. The normalized spacial score (nSPS) is 12.6. The van der Waals surface area contributed by atoms with E-state index in [-0.39, 0.29) is 5.69 Å². The lowest BCUT2D eigenvalue weighted by atomic mass is 10.1. The summed E-state index contributed by atoms with van der Waals surface area (Å²) < 4.78 is 38.6. The lowest BCUT2D eigenvalue weighted by Gasteiger charge is -2.12. The summed E-state index contributed by atoms with van der Waals surface area (Å²) in [6.07, 6.45) is -2.57. The first kappa shape index (κ1) is 15.2. The van der Waals surface area contributed by atoms with Crippen LogP contribution in [0.5, 0.6) is 0 Å². The fourth-order valence-electron chi connectivity index (χ4n) is 2.24. The SMILES string of the molecule is C/C(=N\Nc1ccccc1C(F)(F)F)c1c(C)c[nH]c1C. The minimum atomic E-state index is -4.41. The van der Waals surface area contributed by atoms with Gasteiger partial charge in [-0.05, 0) is 38.5 Å². The molecule has 6 heteroatoms. The fraction of sp³-hybridized carbons (Fsp3) is 0.267. The number of hydrogen-bond acceptors (Lipinski definition) is 2. The minimum absolute atomic E-state index is 0.0600. The van der Waals surface area contributed by atoms with Gasteiger partial charge in [-0.25, -0.2) is 0 Å². The third-order valence-electron chi connectivity index (χ3n) is 3.21. The quantitative estimate of drug-likeness (QED) is 0.636. The molecule has 0 aliphatic carbocycles. The number of nitrogens with zero attached hydrogens (tertiary/aromatic N) is 1. The van der Waals surface area contributed by atoms with E-state index < -0.39 is 11.7 Å². The molecule has 1 heterocycles. The van der Waals surface area contributed by atoms with Gasteiger partial charge in [-0.1, -0.05) is 12.1 Å². The molecule has 3 nitrogen and oxygen atoms in total. The minimum Gasteiger partial charge on any atom is -0.364 e. The van der Waals surface area contributed by atoms with Gasteiger partial charge in [-0.3, -0.25) is 5.43 Å². The van der Waals surface area contributed by atoms with Crippen molar-refractivity contribution in [2.45, 2.75) is 26.9 Å². The molecule has 0 amide bonds. The summed E-state index contributed by atoms with van der Waals surface area (Å²) in [6.45, 7) is 5.57. The van der Waals surface area contributed by atoms with Crippen LogP contribution in [0.3, 0.4) is 0 Å². The number of aromatic nitrogens is 1. The van der Waals surface area contributed by atoms with Crippen molar-refractivity contribution in [1.82, 2.24) is 4.98 Å². The Morgan fingerprint density at radius 3 is 2.43 bits per heavy atom. The number of nitrogens with one attached hydrogen (secondary N) is 2. The smallest absolute Gasteiger partial charge is 0.364 e. The van der Waals surface area contributed by atoms with Gasteiger partial charge in [0, 0.05) is 17.5 Å². The summed E-state index contributed by atoms with van der Waals surface area (Å²) >= 11 is 0. The van der Waals surface area contributed by atoms with Crippen LogP contribution in [0.4, 0.5) is 18.9 Å². The zero-order chi connectivity index (χ0) is 15.6. The molecule has 1 aromatic heterocycles. The Morgan fingerprint density at radius 2 is 1.86 bits per heavy atom. The Morgan fingerprint density at radius 1 is 1.19 bits per heavy atom. The molecule has 112 valence electrons. The molecule has 0 aliphatic heterocycles. The van der Waals surface area contributed by atoms with Gasteiger partial charge < -0.3 is 4.98 Å². The predicted molar refractivity (Wildman–Crippen MR) is 77.5 cm³/mol. The molecule has 0 aliphatic rings. The predicted octanol–water partition coefficient (Wildman–Crippen LogP) is 4.49. The number of hydrazone groups is 1. The monoisotopic (exact) mass is 295 g/mol. The Balaban J connectivity index is 2.30. The lowest BCUT2D eigenvalue weighted by molar-refractivity contribution is -0.136. The van der Waals surface area contributed by atoms with Crippen molar-refractivity contribution >= 4 is 11.4 Å². The number of aryl methyl sites for hydroxylation is 2. The Labute approximate surface area is 120 Å². The average molecular weight is 295 g/mol. The molecule has 2 aromatic rings. The fourth-order valence-corrected chi connectivity index (χ4v) is 2.24. The molecule has 0 saturated carbocycles. The second-order valence-electron chi connectivity index (χ2n) is 4.82. The van der Waals surface area contributed by atoms with Crippen LogP contribution >= 0.6 is 0 Å². The van der Waals surface area contributed by atoms with Crippen molar-refractivity contribution in [3.8, 4) is 0 Å². The number of halogens is 3. The van der Waals surface area contributed by atoms with E-state index in [0.29, 0.717) is 5.71 Å². The third-order valence-corrected chi connectivity index (χ3v) is 3.21. The number of hydrogen-bond donors (Lipinski definition) is 2. The van der Waals surface area contributed by atoms with Gasteiger partial charge in [0.05, 0.1) is 17.0 Å². The molecule has 0 atom stereocenters. The van der Waals surface area contributed by atoms with Gasteiger partial charge in [0.25, 0.3) is 0 Å². The molecular weight excluding hydrogens is 279 g/mol. The van der Waals surface area contributed by atoms with Crippen LogP contribution in [0, 0.1) is 13.8 Å². The number of alkyl halides is 3. The second-order valence-corrected chi connectivity index (χ2v) is 4.82. The van der Waals surface area contributed by atoms with E-state index in [0.717, 1.165) is 22.9 Å². The van der Waals surface area contributed by atoms with Gasteiger partial charge in [0.1, 0.15) is 0 Å².